The van der Waals surface area contributed by atoms with Crippen LogP contribution in [0, 0.1) is 0 Å². The summed E-state index contributed by atoms with van der Waals surface area (Å²) >= 11 is 0. The van der Waals surface area contributed by atoms with Crippen LogP contribution in [0.5, 0.6) is 0 Å². The molecule has 0 fully saturated rings. The predicted octanol–water partition coefficient (Wildman–Crippen LogP) is 2.12. The van der Waals surface area contributed by atoms with Gasteiger partial charge in [-0.05, 0) is 24.6 Å². The molecule has 112 valence electrons. The molecule has 0 aliphatic heterocycles. The van der Waals surface area contributed by atoms with Gasteiger partial charge in [0.1, 0.15) is 0 Å². The number of nitrogens with zero attached hydrogens (tertiary/aromatic N) is 3. The molecule has 2 aromatic heterocycles. The Labute approximate surface area is 118 Å². The summed E-state index contributed by atoms with van der Waals surface area (Å²) in [6.45, 7) is 0.831. The summed E-state index contributed by atoms with van der Waals surface area (Å²) < 4.78 is 39.9. The van der Waals surface area contributed by atoms with Crippen molar-refractivity contribution in [3.63, 3.8) is 0 Å². The third-order valence-corrected chi connectivity index (χ3v) is 2.73. The molecule has 0 bridgehead atoms. The number of hydrogen-bond acceptors (Lipinski definition) is 3. The van der Waals surface area contributed by atoms with Crippen LogP contribution in [-0.2, 0) is 12.7 Å². The quantitative estimate of drug-likeness (QED) is 0.860. The number of pyridine rings is 1. The van der Waals surface area contributed by atoms with Gasteiger partial charge in [-0.3, -0.25) is 14.5 Å². The summed E-state index contributed by atoms with van der Waals surface area (Å²) in [5.74, 6) is -0.782. The van der Waals surface area contributed by atoms with Crippen LogP contribution in [0.2, 0.25) is 0 Å². The summed E-state index contributed by atoms with van der Waals surface area (Å²) in [7, 11) is 0. The fourth-order valence-electron chi connectivity index (χ4n) is 1.79. The molecule has 0 aliphatic rings. The van der Waals surface area contributed by atoms with E-state index in [-0.39, 0.29) is 6.54 Å². The topological polar surface area (TPSA) is 59.8 Å². The summed E-state index contributed by atoms with van der Waals surface area (Å²) in [5.41, 5.74) is -1.64. The number of carbonyl (C=O) groups excluding carboxylic acids is 1. The van der Waals surface area contributed by atoms with Crippen LogP contribution in [0.3, 0.4) is 0 Å². The van der Waals surface area contributed by atoms with Gasteiger partial charge in [0, 0.05) is 31.7 Å². The smallest absolute Gasteiger partial charge is 0.352 e. The summed E-state index contributed by atoms with van der Waals surface area (Å²) in [5, 5.41) is 6.44. The molecule has 1 N–H and O–H groups in total. The maximum Gasteiger partial charge on any atom is 0.434 e. The first-order chi connectivity index (χ1) is 9.98. The van der Waals surface area contributed by atoms with Crippen molar-refractivity contribution in [1.82, 2.24) is 20.1 Å². The molecule has 0 atom stereocenters. The number of rotatable bonds is 5. The van der Waals surface area contributed by atoms with Crippen molar-refractivity contribution in [2.45, 2.75) is 19.1 Å². The number of alkyl halides is 3. The number of carbonyl (C=O) groups is 1. The molecule has 21 heavy (non-hydrogen) atoms. The van der Waals surface area contributed by atoms with Crippen molar-refractivity contribution >= 4 is 5.91 Å². The SMILES string of the molecule is O=C(NCCCn1cccn1)c1cccnc1C(F)(F)F. The third kappa shape index (κ3) is 4.04. The van der Waals surface area contributed by atoms with E-state index < -0.39 is 23.3 Å². The molecular formula is C13H13F3N4O. The maximum atomic E-state index is 12.7. The van der Waals surface area contributed by atoms with Crippen molar-refractivity contribution in [3.05, 3.63) is 48.0 Å². The average molecular weight is 298 g/mol. The zero-order valence-electron chi connectivity index (χ0n) is 11.0. The van der Waals surface area contributed by atoms with Crippen LogP contribution in [0.15, 0.2) is 36.8 Å². The van der Waals surface area contributed by atoms with Crippen LogP contribution in [0.1, 0.15) is 22.5 Å². The summed E-state index contributed by atoms with van der Waals surface area (Å²) in [6, 6.07) is 4.18. The average Bonchev–Trinajstić information content (AvgIpc) is 2.95. The molecule has 5 nitrogen and oxygen atoms in total. The van der Waals surface area contributed by atoms with Gasteiger partial charge in [-0.25, -0.2) is 0 Å². The normalized spacial score (nSPS) is 11.4. The standard InChI is InChI=1S/C13H13F3N4O/c14-13(15,16)11-10(4-1-5-17-11)12(21)18-6-2-8-20-9-3-7-19-20/h1,3-5,7,9H,2,6,8H2,(H,18,21). The van der Waals surface area contributed by atoms with Gasteiger partial charge in [0.2, 0.25) is 0 Å². The van der Waals surface area contributed by atoms with E-state index in [1.165, 1.54) is 6.07 Å². The van der Waals surface area contributed by atoms with Crippen molar-refractivity contribution < 1.29 is 18.0 Å². The fourth-order valence-corrected chi connectivity index (χ4v) is 1.79. The van der Waals surface area contributed by atoms with Gasteiger partial charge >= 0.3 is 6.18 Å². The van der Waals surface area contributed by atoms with Crippen molar-refractivity contribution in [2.24, 2.45) is 0 Å². The van der Waals surface area contributed by atoms with Crippen molar-refractivity contribution in [1.29, 1.82) is 0 Å². The van der Waals surface area contributed by atoms with Gasteiger partial charge in [0.05, 0.1) is 5.56 Å². The molecule has 0 spiro atoms. The molecule has 0 radical (unpaired) electrons. The van der Waals surface area contributed by atoms with Crippen molar-refractivity contribution in [2.75, 3.05) is 6.54 Å². The molecule has 0 saturated carbocycles. The zero-order valence-corrected chi connectivity index (χ0v) is 11.0. The Hall–Kier alpha value is -2.38. The number of nitrogens with one attached hydrogen (secondary N) is 1. The lowest BCUT2D eigenvalue weighted by molar-refractivity contribution is -0.141. The summed E-state index contributed by atoms with van der Waals surface area (Å²) in [4.78, 5) is 15.0. The van der Waals surface area contributed by atoms with E-state index in [1.807, 2.05) is 0 Å². The Bertz CT molecular complexity index is 596. The van der Waals surface area contributed by atoms with Gasteiger partial charge < -0.3 is 5.32 Å². The Kier molecular flexibility index (Phi) is 4.56. The van der Waals surface area contributed by atoms with Gasteiger partial charge in [-0.1, -0.05) is 0 Å². The highest BCUT2D eigenvalue weighted by Crippen LogP contribution is 2.29. The second-order valence-electron chi connectivity index (χ2n) is 4.28. The van der Waals surface area contributed by atoms with Gasteiger partial charge in [-0.15, -0.1) is 0 Å². The number of halogens is 3. The van der Waals surface area contributed by atoms with Gasteiger partial charge in [0.25, 0.3) is 5.91 Å². The van der Waals surface area contributed by atoms with Gasteiger partial charge in [0.15, 0.2) is 5.69 Å². The first-order valence-electron chi connectivity index (χ1n) is 6.26. The molecular weight excluding hydrogens is 285 g/mol. The molecule has 2 aromatic rings. The highest BCUT2D eigenvalue weighted by atomic mass is 19.4. The first-order valence-corrected chi connectivity index (χ1v) is 6.26. The Morgan fingerprint density at radius 3 is 2.76 bits per heavy atom. The molecule has 1 amide bonds. The number of aryl methyl sites for hydroxylation is 1. The van der Waals surface area contributed by atoms with E-state index in [4.69, 9.17) is 0 Å². The Morgan fingerprint density at radius 1 is 1.29 bits per heavy atom. The second-order valence-corrected chi connectivity index (χ2v) is 4.28. The minimum absolute atomic E-state index is 0.255. The van der Waals surface area contributed by atoms with E-state index in [9.17, 15) is 18.0 Å². The predicted molar refractivity (Wildman–Crippen MR) is 68.4 cm³/mol. The van der Waals surface area contributed by atoms with Crippen LogP contribution in [0.25, 0.3) is 0 Å². The first kappa shape index (κ1) is 15.0. The fraction of sp³-hybridized carbons (Fsp3) is 0.308. The number of aromatic nitrogens is 3. The Morgan fingerprint density at radius 2 is 2.10 bits per heavy atom. The lowest BCUT2D eigenvalue weighted by Gasteiger charge is -2.11. The molecule has 0 unspecified atom stereocenters. The van der Waals surface area contributed by atoms with E-state index >= 15 is 0 Å². The summed E-state index contributed by atoms with van der Waals surface area (Å²) in [6.07, 6.45) is 0.323. The second kappa shape index (κ2) is 6.38. The third-order valence-electron chi connectivity index (χ3n) is 2.73. The number of hydrogen-bond donors (Lipinski definition) is 1. The minimum Gasteiger partial charge on any atom is -0.352 e. The van der Waals surface area contributed by atoms with Gasteiger partial charge in [-0.2, -0.15) is 18.3 Å². The Balaban J connectivity index is 1.92. The van der Waals surface area contributed by atoms with E-state index in [0.29, 0.717) is 13.0 Å². The molecule has 2 rings (SSSR count). The molecule has 0 aromatic carbocycles. The van der Waals surface area contributed by atoms with Crippen LogP contribution < -0.4 is 5.32 Å². The van der Waals surface area contributed by atoms with Crippen molar-refractivity contribution in [3.8, 4) is 0 Å². The van der Waals surface area contributed by atoms with Crippen LogP contribution >= 0.6 is 0 Å². The van der Waals surface area contributed by atoms with Crippen LogP contribution in [-0.4, -0.2) is 27.2 Å². The maximum absolute atomic E-state index is 12.7. The zero-order chi connectivity index (χ0) is 15.3. The van der Waals surface area contributed by atoms with E-state index in [2.05, 4.69) is 15.4 Å². The van der Waals surface area contributed by atoms with E-state index in [0.717, 1.165) is 12.3 Å². The minimum atomic E-state index is -4.65. The lowest BCUT2D eigenvalue weighted by Crippen LogP contribution is -2.28. The highest BCUT2D eigenvalue weighted by molar-refractivity contribution is 5.95. The highest BCUT2D eigenvalue weighted by Gasteiger charge is 2.36. The molecule has 0 saturated heterocycles. The molecule has 8 heteroatoms. The number of amides is 1. The molecule has 0 aliphatic carbocycles. The largest absolute Gasteiger partial charge is 0.434 e. The van der Waals surface area contributed by atoms with Crippen LogP contribution in [0.4, 0.5) is 13.2 Å². The lowest BCUT2D eigenvalue weighted by atomic mass is 10.1. The van der Waals surface area contributed by atoms with E-state index in [1.54, 1.807) is 23.1 Å². The monoisotopic (exact) mass is 298 g/mol. The molecule has 2 heterocycles.